The molecule has 0 bridgehead atoms. The molecule has 0 aliphatic heterocycles. The predicted molar refractivity (Wildman–Crippen MR) is 68.1 cm³/mol. The molecule has 0 radical (unpaired) electrons. The van der Waals surface area contributed by atoms with Crippen molar-refractivity contribution in [1.29, 1.82) is 0 Å². The van der Waals surface area contributed by atoms with E-state index in [0.717, 1.165) is 12.8 Å². The third-order valence-electron chi connectivity index (χ3n) is 2.60. The molecule has 4 heteroatoms. The molecule has 0 aliphatic rings. The summed E-state index contributed by atoms with van der Waals surface area (Å²) in [6.07, 6.45) is 1.72. The number of benzene rings is 1. The summed E-state index contributed by atoms with van der Waals surface area (Å²) in [7, 11) is 0. The van der Waals surface area contributed by atoms with Crippen LogP contribution in [-0.2, 0) is 0 Å². The van der Waals surface area contributed by atoms with E-state index in [1.165, 1.54) is 0 Å². The Morgan fingerprint density at radius 3 is 2.88 bits per heavy atom. The first-order valence-electron chi connectivity index (χ1n) is 5.84. The van der Waals surface area contributed by atoms with Crippen LogP contribution < -0.4 is 11.1 Å². The molecular formula is C13H20N2O2. The number of aryl methyl sites for hydroxylation is 1. The first-order valence-corrected chi connectivity index (χ1v) is 5.84. The lowest BCUT2D eigenvalue weighted by Crippen LogP contribution is -2.26. The molecule has 4 nitrogen and oxygen atoms in total. The molecule has 0 saturated heterocycles. The largest absolute Gasteiger partial charge is 0.507 e. The zero-order valence-corrected chi connectivity index (χ0v) is 10.4. The predicted octanol–water partition coefficient (Wildman–Crippen LogP) is 1.56. The maximum Gasteiger partial charge on any atom is 0.255 e. The van der Waals surface area contributed by atoms with Crippen LogP contribution in [0.1, 0.15) is 35.7 Å². The summed E-state index contributed by atoms with van der Waals surface area (Å²) in [5.74, 6) is -0.187. The van der Waals surface area contributed by atoms with E-state index in [0.29, 0.717) is 17.7 Å². The molecule has 0 heterocycles. The summed E-state index contributed by atoms with van der Waals surface area (Å²) in [5, 5.41) is 12.5. The molecule has 0 aromatic heterocycles. The van der Waals surface area contributed by atoms with Gasteiger partial charge in [-0.2, -0.15) is 0 Å². The Balaban J connectivity index is 2.50. The average molecular weight is 236 g/mol. The standard InChI is InChI=1S/C13H20N2O2/c1-9-5-3-7-11(12(9)16)13(17)15-8-4-6-10(2)14/h3,5,7,10,16H,4,6,8,14H2,1-2H3,(H,15,17). The minimum absolute atomic E-state index is 0.0530. The summed E-state index contributed by atoms with van der Waals surface area (Å²) < 4.78 is 0. The summed E-state index contributed by atoms with van der Waals surface area (Å²) in [6, 6.07) is 5.29. The van der Waals surface area contributed by atoms with Gasteiger partial charge in [0.25, 0.3) is 5.91 Å². The normalized spacial score (nSPS) is 12.2. The number of nitrogens with one attached hydrogen (secondary N) is 1. The quantitative estimate of drug-likeness (QED) is 0.679. The van der Waals surface area contributed by atoms with Gasteiger partial charge in [0.15, 0.2) is 0 Å². The molecule has 17 heavy (non-hydrogen) atoms. The van der Waals surface area contributed by atoms with E-state index < -0.39 is 0 Å². The number of aromatic hydroxyl groups is 1. The van der Waals surface area contributed by atoms with Gasteiger partial charge in [0, 0.05) is 12.6 Å². The van der Waals surface area contributed by atoms with Gasteiger partial charge in [-0.3, -0.25) is 4.79 Å². The van der Waals surface area contributed by atoms with Crippen molar-refractivity contribution in [3.05, 3.63) is 29.3 Å². The molecule has 1 aromatic carbocycles. The fourth-order valence-corrected chi connectivity index (χ4v) is 1.56. The van der Waals surface area contributed by atoms with Crippen LogP contribution in [0.3, 0.4) is 0 Å². The van der Waals surface area contributed by atoms with E-state index >= 15 is 0 Å². The van der Waals surface area contributed by atoms with E-state index in [1.54, 1.807) is 25.1 Å². The highest BCUT2D eigenvalue weighted by Crippen LogP contribution is 2.20. The van der Waals surface area contributed by atoms with Crippen LogP contribution in [0.4, 0.5) is 0 Å². The van der Waals surface area contributed by atoms with Gasteiger partial charge < -0.3 is 16.2 Å². The van der Waals surface area contributed by atoms with Crippen molar-refractivity contribution in [2.75, 3.05) is 6.54 Å². The van der Waals surface area contributed by atoms with Gasteiger partial charge >= 0.3 is 0 Å². The summed E-state index contributed by atoms with van der Waals surface area (Å²) in [4.78, 5) is 11.8. The molecule has 1 unspecified atom stereocenters. The van der Waals surface area contributed by atoms with Crippen LogP contribution in [0.2, 0.25) is 0 Å². The van der Waals surface area contributed by atoms with Crippen LogP contribution in [0, 0.1) is 6.92 Å². The summed E-state index contributed by atoms with van der Waals surface area (Å²) >= 11 is 0. The Hall–Kier alpha value is -1.55. The summed E-state index contributed by atoms with van der Waals surface area (Å²) in [6.45, 7) is 4.28. The maximum absolute atomic E-state index is 11.8. The molecule has 0 fully saturated rings. The number of rotatable bonds is 5. The summed E-state index contributed by atoms with van der Waals surface area (Å²) in [5.41, 5.74) is 6.64. The van der Waals surface area contributed by atoms with E-state index in [4.69, 9.17) is 5.73 Å². The Morgan fingerprint density at radius 1 is 1.53 bits per heavy atom. The fourth-order valence-electron chi connectivity index (χ4n) is 1.56. The van der Waals surface area contributed by atoms with Gasteiger partial charge in [0.2, 0.25) is 0 Å². The Kier molecular flexibility index (Phi) is 4.97. The van der Waals surface area contributed by atoms with Crippen LogP contribution in [0.5, 0.6) is 5.75 Å². The molecule has 0 saturated carbocycles. The minimum Gasteiger partial charge on any atom is -0.507 e. The lowest BCUT2D eigenvalue weighted by Gasteiger charge is -2.09. The third kappa shape index (κ3) is 4.07. The number of hydrogen-bond donors (Lipinski definition) is 3. The second-order valence-corrected chi connectivity index (χ2v) is 4.35. The lowest BCUT2D eigenvalue weighted by atomic mass is 10.1. The highest BCUT2D eigenvalue weighted by Gasteiger charge is 2.11. The van der Waals surface area contributed by atoms with Crippen LogP contribution >= 0.6 is 0 Å². The number of carbonyl (C=O) groups excluding carboxylic acids is 1. The Labute approximate surface area is 102 Å². The molecule has 0 aliphatic carbocycles. The maximum atomic E-state index is 11.8. The first-order chi connectivity index (χ1) is 8.02. The monoisotopic (exact) mass is 236 g/mol. The van der Waals surface area contributed by atoms with E-state index in [-0.39, 0.29) is 17.7 Å². The lowest BCUT2D eigenvalue weighted by molar-refractivity contribution is 0.0950. The van der Waals surface area contributed by atoms with Crippen molar-refractivity contribution in [3.8, 4) is 5.75 Å². The van der Waals surface area contributed by atoms with Crippen molar-refractivity contribution in [3.63, 3.8) is 0 Å². The second-order valence-electron chi connectivity index (χ2n) is 4.35. The molecule has 1 aromatic rings. The third-order valence-corrected chi connectivity index (χ3v) is 2.60. The van der Waals surface area contributed by atoms with Gasteiger partial charge in [-0.15, -0.1) is 0 Å². The number of amides is 1. The molecule has 1 amide bonds. The van der Waals surface area contributed by atoms with Gasteiger partial charge in [-0.25, -0.2) is 0 Å². The highest BCUT2D eigenvalue weighted by atomic mass is 16.3. The first kappa shape index (κ1) is 13.5. The Bertz CT molecular complexity index is 389. The van der Waals surface area contributed by atoms with Crippen molar-refractivity contribution in [2.24, 2.45) is 5.73 Å². The van der Waals surface area contributed by atoms with Gasteiger partial charge in [-0.05, 0) is 38.3 Å². The number of phenolic OH excluding ortho intramolecular Hbond substituents is 1. The zero-order valence-electron chi connectivity index (χ0n) is 10.4. The molecular weight excluding hydrogens is 216 g/mol. The molecule has 0 spiro atoms. The van der Waals surface area contributed by atoms with Crippen molar-refractivity contribution in [2.45, 2.75) is 32.7 Å². The van der Waals surface area contributed by atoms with E-state index in [1.807, 2.05) is 6.92 Å². The van der Waals surface area contributed by atoms with Crippen LogP contribution in [0.25, 0.3) is 0 Å². The van der Waals surface area contributed by atoms with E-state index in [9.17, 15) is 9.90 Å². The zero-order chi connectivity index (χ0) is 12.8. The van der Waals surface area contributed by atoms with E-state index in [2.05, 4.69) is 5.32 Å². The Morgan fingerprint density at radius 2 is 2.24 bits per heavy atom. The van der Waals surface area contributed by atoms with Crippen LogP contribution in [-0.4, -0.2) is 23.6 Å². The molecule has 1 atom stereocenters. The minimum atomic E-state index is -0.240. The highest BCUT2D eigenvalue weighted by molar-refractivity contribution is 5.97. The van der Waals surface area contributed by atoms with Crippen LogP contribution in [0.15, 0.2) is 18.2 Å². The van der Waals surface area contributed by atoms with Gasteiger partial charge in [0.1, 0.15) is 5.75 Å². The molecule has 94 valence electrons. The molecule has 1 rings (SSSR count). The van der Waals surface area contributed by atoms with Crippen molar-refractivity contribution >= 4 is 5.91 Å². The molecule has 4 N–H and O–H groups in total. The second kappa shape index (κ2) is 6.25. The number of para-hydroxylation sites is 1. The van der Waals surface area contributed by atoms with Gasteiger partial charge in [-0.1, -0.05) is 12.1 Å². The average Bonchev–Trinajstić information content (AvgIpc) is 2.27. The number of nitrogens with two attached hydrogens (primary N) is 1. The fraction of sp³-hybridized carbons (Fsp3) is 0.462. The number of hydrogen-bond acceptors (Lipinski definition) is 3. The van der Waals surface area contributed by atoms with Gasteiger partial charge in [0.05, 0.1) is 5.56 Å². The van der Waals surface area contributed by atoms with Crippen molar-refractivity contribution < 1.29 is 9.90 Å². The smallest absolute Gasteiger partial charge is 0.255 e. The number of carbonyl (C=O) groups is 1. The number of phenols is 1. The topological polar surface area (TPSA) is 75.4 Å². The van der Waals surface area contributed by atoms with Crippen molar-refractivity contribution in [1.82, 2.24) is 5.32 Å². The SMILES string of the molecule is Cc1cccc(C(=O)NCCCC(C)N)c1O.